The predicted octanol–water partition coefficient (Wildman–Crippen LogP) is 0.739. The molecule has 1 saturated carbocycles. The van der Waals surface area contributed by atoms with E-state index < -0.39 is 5.54 Å². The van der Waals surface area contributed by atoms with Crippen LogP contribution in [0.4, 0.5) is 5.69 Å². The number of nitrogens with one attached hydrogen (secondary N) is 1. The van der Waals surface area contributed by atoms with Crippen molar-refractivity contribution >= 4 is 11.6 Å². The fourth-order valence-corrected chi connectivity index (χ4v) is 2.22. The van der Waals surface area contributed by atoms with Crippen LogP contribution in [0.25, 0.3) is 0 Å². The summed E-state index contributed by atoms with van der Waals surface area (Å²) in [6, 6.07) is 0. The summed E-state index contributed by atoms with van der Waals surface area (Å²) in [5.74, 6) is -0.105. The molecule has 0 atom stereocenters. The molecule has 1 heterocycles. The molecule has 1 aromatic heterocycles. The number of carbonyl (C=O) groups excluding carboxylic acids is 1. The number of ether oxygens (including phenoxy) is 1. The Morgan fingerprint density at radius 1 is 1.61 bits per heavy atom. The second-order valence-electron chi connectivity index (χ2n) is 4.80. The molecule has 3 N–H and O–H groups in total. The molecule has 1 aliphatic carbocycles. The maximum Gasteiger partial charge on any atom is 0.244 e. The van der Waals surface area contributed by atoms with E-state index in [0.29, 0.717) is 18.8 Å². The van der Waals surface area contributed by atoms with Crippen LogP contribution in [0.15, 0.2) is 12.4 Å². The number of carbonyl (C=O) groups is 1. The lowest BCUT2D eigenvalue weighted by Crippen LogP contribution is -2.48. The van der Waals surface area contributed by atoms with Crippen LogP contribution in [0.1, 0.15) is 25.7 Å². The molecule has 1 aromatic rings. The second-order valence-corrected chi connectivity index (χ2v) is 4.80. The molecule has 0 aliphatic heterocycles. The van der Waals surface area contributed by atoms with Crippen LogP contribution >= 0.6 is 0 Å². The van der Waals surface area contributed by atoms with E-state index in [-0.39, 0.29) is 5.91 Å². The van der Waals surface area contributed by atoms with Gasteiger partial charge in [-0.3, -0.25) is 9.48 Å². The van der Waals surface area contributed by atoms with Gasteiger partial charge in [0, 0.05) is 13.3 Å². The van der Waals surface area contributed by atoms with Gasteiger partial charge in [0.1, 0.15) is 0 Å². The zero-order valence-corrected chi connectivity index (χ0v) is 10.7. The van der Waals surface area contributed by atoms with Crippen molar-refractivity contribution in [2.75, 3.05) is 19.0 Å². The molecule has 0 unspecified atom stereocenters. The van der Waals surface area contributed by atoms with Gasteiger partial charge in [-0.1, -0.05) is 12.8 Å². The van der Waals surface area contributed by atoms with E-state index in [4.69, 9.17) is 10.5 Å². The first-order valence-electron chi connectivity index (χ1n) is 6.26. The monoisotopic (exact) mass is 252 g/mol. The van der Waals surface area contributed by atoms with E-state index in [2.05, 4.69) is 10.4 Å². The molecule has 18 heavy (non-hydrogen) atoms. The Kier molecular flexibility index (Phi) is 3.98. The number of hydrogen-bond acceptors (Lipinski definition) is 4. The Bertz CT molecular complexity index is 410. The van der Waals surface area contributed by atoms with Gasteiger partial charge < -0.3 is 15.8 Å². The highest BCUT2D eigenvalue weighted by Crippen LogP contribution is 2.28. The Morgan fingerprint density at radius 3 is 3.00 bits per heavy atom. The zero-order chi connectivity index (χ0) is 13.0. The molecule has 1 aliphatic rings. The van der Waals surface area contributed by atoms with Crippen molar-refractivity contribution in [3.63, 3.8) is 0 Å². The summed E-state index contributed by atoms with van der Waals surface area (Å²) in [7, 11) is 1.64. The van der Waals surface area contributed by atoms with E-state index in [1.807, 2.05) is 0 Å². The van der Waals surface area contributed by atoms with Gasteiger partial charge in [0.25, 0.3) is 0 Å². The molecule has 100 valence electrons. The third kappa shape index (κ3) is 2.88. The third-order valence-electron chi connectivity index (χ3n) is 3.36. The molecule has 2 rings (SSSR count). The van der Waals surface area contributed by atoms with Crippen LogP contribution in [-0.4, -0.2) is 34.9 Å². The molecule has 0 saturated heterocycles. The van der Waals surface area contributed by atoms with Crippen LogP contribution in [0.5, 0.6) is 0 Å². The molecule has 6 heteroatoms. The van der Waals surface area contributed by atoms with Gasteiger partial charge in [-0.25, -0.2) is 0 Å². The van der Waals surface area contributed by atoms with Crippen LogP contribution in [-0.2, 0) is 16.1 Å². The van der Waals surface area contributed by atoms with Crippen molar-refractivity contribution in [3.8, 4) is 0 Å². The lowest BCUT2D eigenvalue weighted by atomic mass is 9.98. The highest BCUT2D eigenvalue weighted by atomic mass is 16.5. The SMILES string of the molecule is COCCn1cc(NC(=O)C2(N)CCCC2)cn1. The van der Waals surface area contributed by atoms with E-state index >= 15 is 0 Å². The topological polar surface area (TPSA) is 82.2 Å². The Balaban J connectivity index is 1.92. The van der Waals surface area contributed by atoms with Crippen molar-refractivity contribution in [3.05, 3.63) is 12.4 Å². The summed E-state index contributed by atoms with van der Waals surface area (Å²) in [6.45, 7) is 1.26. The fourth-order valence-electron chi connectivity index (χ4n) is 2.22. The first-order valence-corrected chi connectivity index (χ1v) is 6.26. The summed E-state index contributed by atoms with van der Waals surface area (Å²) in [4.78, 5) is 12.1. The number of amides is 1. The predicted molar refractivity (Wildman–Crippen MR) is 68.1 cm³/mol. The molecule has 6 nitrogen and oxygen atoms in total. The van der Waals surface area contributed by atoms with Gasteiger partial charge in [-0.2, -0.15) is 5.10 Å². The van der Waals surface area contributed by atoms with Gasteiger partial charge in [0.15, 0.2) is 0 Å². The van der Waals surface area contributed by atoms with Crippen LogP contribution in [0.2, 0.25) is 0 Å². The Hall–Kier alpha value is -1.40. The number of nitrogens with zero attached hydrogens (tertiary/aromatic N) is 2. The lowest BCUT2D eigenvalue weighted by molar-refractivity contribution is -0.121. The van der Waals surface area contributed by atoms with Crippen LogP contribution in [0.3, 0.4) is 0 Å². The molecule has 1 fully saturated rings. The number of anilines is 1. The van der Waals surface area contributed by atoms with Crippen molar-refractivity contribution < 1.29 is 9.53 Å². The average molecular weight is 252 g/mol. The number of aromatic nitrogens is 2. The van der Waals surface area contributed by atoms with Crippen LogP contribution in [0, 0.1) is 0 Å². The first-order chi connectivity index (χ1) is 8.64. The Labute approximate surface area is 106 Å². The summed E-state index contributed by atoms with van der Waals surface area (Å²) in [5.41, 5.74) is 6.07. The Morgan fingerprint density at radius 2 is 2.33 bits per heavy atom. The van der Waals surface area contributed by atoms with E-state index in [1.165, 1.54) is 0 Å². The quantitative estimate of drug-likeness (QED) is 0.809. The van der Waals surface area contributed by atoms with E-state index in [0.717, 1.165) is 25.7 Å². The first kappa shape index (κ1) is 13.0. The smallest absolute Gasteiger partial charge is 0.244 e. The van der Waals surface area contributed by atoms with Crippen molar-refractivity contribution in [2.24, 2.45) is 5.73 Å². The molecule has 0 spiro atoms. The summed E-state index contributed by atoms with van der Waals surface area (Å²) < 4.78 is 6.70. The third-order valence-corrected chi connectivity index (χ3v) is 3.36. The molecule has 0 radical (unpaired) electrons. The molecule has 0 aromatic carbocycles. The number of nitrogens with two attached hydrogens (primary N) is 1. The summed E-state index contributed by atoms with van der Waals surface area (Å²) >= 11 is 0. The molecular weight excluding hydrogens is 232 g/mol. The minimum absolute atomic E-state index is 0.105. The van der Waals surface area contributed by atoms with Gasteiger partial charge >= 0.3 is 0 Å². The van der Waals surface area contributed by atoms with Crippen molar-refractivity contribution in [1.29, 1.82) is 0 Å². The molecule has 0 bridgehead atoms. The average Bonchev–Trinajstić information content (AvgIpc) is 2.97. The van der Waals surface area contributed by atoms with Crippen LogP contribution < -0.4 is 11.1 Å². The van der Waals surface area contributed by atoms with Gasteiger partial charge in [0.2, 0.25) is 5.91 Å². The number of methoxy groups -OCH3 is 1. The summed E-state index contributed by atoms with van der Waals surface area (Å²) in [5, 5.41) is 6.97. The van der Waals surface area contributed by atoms with Gasteiger partial charge in [-0.15, -0.1) is 0 Å². The molecular formula is C12H20N4O2. The largest absolute Gasteiger partial charge is 0.383 e. The van der Waals surface area contributed by atoms with Gasteiger partial charge in [-0.05, 0) is 12.8 Å². The van der Waals surface area contributed by atoms with Crippen molar-refractivity contribution in [2.45, 2.75) is 37.8 Å². The van der Waals surface area contributed by atoms with E-state index in [1.54, 1.807) is 24.2 Å². The normalized spacial score (nSPS) is 17.9. The minimum Gasteiger partial charge on any atom is -0.383 e. The van der Waals surface area contributed by atoms with Crippen molar-refractivity contribution in [1.82, 2.24) is 9.78 Å². The maximum absolute atomic E-state index is 12.1. The van der Waals surface area contributed by atoms with Gasteiger partial charge in [0.05, 0.1) is 30.6 Å². The zero-order valence-electron chi connectivity index (χ0n) is 10.7. The highest BCUT2D eigenvalue weighted by Gasteiger charge is 2.37. The maximum atomic E-state index is 12.1. The number of rotatable bonds is 5. The number of hydrogen-bond donors (Lipinski definition) is 2. The minimum atomic E-state index is -0.700. The summed E-state index contributed by atoms with van der Waals surface area (Å²) in [6.07, 6.45) is 6.99. The second kappa shape index (κ2) is 5.49. The molecule has 1 amide bonds. The fraction of sp³-hybridized carbons (Fsp3) is 0.667. The van der Waals surface area contributed by atoms with E-state index in [9.17, 15) is 4.79 Å². The standard InChI is InChI=1S/C12H20N4O2/c1-18-7-6-16-9-10(8-14-16)15-11(17)12(13)4-2-3-5-12/h8-9H,2-7,13H2,1H3,(H,15,17). The lowest BCUT2D eigenvalue weighted by Gasteiger charge is -2.21. The highest BCUT2D eigenvalue weighted by molar-refractivity contribution is 5.97.